The van der Waals surface area contributed by atoms with Crippen LogP contribution < -0.4 is 15.8 Å². The Bertz CT molecular complexity index is 545. The maximum atomic E-state index is 12.8. The fourth-order valence-electron chi connectivity index (χ4n) is 1.22. The number of hydrogen-bond acceptors (Lipinski definition) is 4. The van der Waals surface area contributed by atoms with E-state index in [4.69, 9.17) is 5.73 Å². The van der Waals surface area contributed by atoms with Crippen LogP contribution >= 0.6 is 0 Å². The zero-order valence-electron chi connectivity index (χ0n) is 9.73. The SMILES string of the molecule is CCCNC(=O)NS(=O)(=O)c1ccc(F)cc1N. The molecule has 0 aromatic heterocycles. The number of nitrogens with one attached hydrogen (secondary N) is 2. The molecule has 0 bridgehead atoms. The molecule has 8 heteroatoms. The second-order valence-electron chi connectivity index (χ2n) is 3.54. The van der Waals surface area contributed by atoms with Gasteiger partial charge in [-0.1, -0.05) is 6.92 Å². The van der Waals surface area contributed by atoms with E-state index < -0.39 is 21.9 Å². The molecule has 1 rings (SSSR count). The lowest BCUT2D eigenvalue weighted by Gasteiger charge is -2.09. The fourth-order valence-corrected chi connectivity index (χ4v) is 2.26. The standard InChI is InChI=1S/C10H14FN3O3S/c1-2-5-13-10(15)14-18(16,17)9-4-3-7(11)6-8(9)12/h3-4,6H,2,5,12H2,1H3,(H2,13,14,15). The first-order chi connectivity index (χ1) is 8.36. The first-order valence-electron chi connectivity index (χ1n) is 5.22. The molecule has 0 saturated carbocycles. The number of amides is 2. The lowest BCUT2D eigenvalue weighted by molar-refractivity contribution is 0.246. The highest BCUT2D eigenvalue weighted by atomic mass is 32.2. The number of halogens is 1. The van der Waals surface area contributed by atoms with Crippen molar-refractivity contribution in [3.63, 3.8) is 0 Å². The highest BCUT2D eigenvalue weighted by Crippen LogP contribution is 2.18. The summed E-state index contributed by atoms with van der Waals surface area (Å²) in [5.74, 6) is -0.651. The van der Waals surface area contributed by atoms with Crippen LogP contribution in [0.5, 0.6) is 0 Å². The molecular weight excluding hydrogens is 261 g/mol. The highest BCUT2D eigenvalue weighted by Gasteiger charge is 2.20. The second-order valence-corrected chi connectivity index (χ2v) is 5.19. The molecule has 0 aliphatic rings. The number of nitrogens with two attached hydrogens (primary N) is 1. The van der Waals surface area contributed by atoms with E-state index in [2.05, 4.69) is 5.32 Å². The van der Waals surface area contributed by atoms with E-state index in [1.165, 1.54) is 0 Å². The normalized spacial score (nSPS) is 11.0. The Morgan fingerprint density at radius 2 is 2.11 bits per heavy atom. The third-order valence-corrected chi connectivity index (χ3v) is 3.43. The number of hydrogen-bond donors (Lipinski definition) is 3. The average Bonchev–Trinajstić information content (AvgIpc) is 2.25. The highest BCUT2D eigenvalue weighted by molar-refractivity contribution is 7.90. The van der Waals surface area contributed by atoms with Crippen molar-refractivity contribution >= 4 is 21.7 Å². The van der Waals surface area contributed by atoms with Gasteiger partial charge in [-0.25, -0.2) is 22.3 Å². The van der Waals surface area contributed by atoms with Crippen LogP contribution in [0, 0.1) is 5.82 Å². The smallest absolute Gasteiger partial charge is 0.328 e. The van der Waals surface area contributed by atoms with Crippen LogP contribution in [0.25, 0.3) is 0 Å². The minimum Gasteiger partial charge on any atom is -0.398 e. The Hall–Kier alpha value is -1.83. The molecule has 2 amide bonds. The molecule has 1 aromatic rings. The van der Waals surface area contributed by atoms with Crippen LogP contribution in [0.4, 0.5) is 14.9 Å². The van der Waals surface area contributed by atoms with E-state index in [0.29, 0.717) is 13.0 Å². The van der Waals surface area contributed by atoms with Crippen molar-refractivity contribution < 1.29 is 17.6 Å². The molecule has 0 aliphatic carbocycles. The van der Waals surface area contributed by atoms with Crippen molar-refractivity contribution in [2.75, 3.05) is 12.3 Å². The molecule has 4 N–H and O–H groups in total. The fraction of sp³-hybridized carbons (Fsp3) is 0.300. The summed E-state index contributed by atoms with van der Waals surface area (Å²) in [6, 6.07) is 1.98. The van der Waals surface area contributed by atoms with Gasteiger partial charge in [0.05, 0.1) is 5.69 Å². The van der Waals surface area contributed by atoms with E-state index >= 15 is 0 Å². The summed E-state index contributed by atoms with van der Waals surface area (Å²) in [4.78, 5) is 10.9. The molecular formula is C10H14FN3O3S. The average molecular weight is 275 g/mol. The van der Waals surface area contributed by atoms with E-state index in [1.807, 2.05) is 6.92 Å². The summed E-state index contributed by atoms with van der Waals surface area (Å²) in [5, 5.41) is 2.34. The Balaban J connectivity index is 2.90. The Labute approximate surface area is 104 Å². The molecule has 0 atom stereocenters. The summed E-state index contributed by atoms with van der Waals surface area (Å²) in [6.07, 6.45) is 0.673. The zero-order chi connectivity index (χ0) is 13.8. The molecule has 0 heterocycles. The van der Waals surface area contributed by atoms with Gasteiger partial charge in [-0.05, 0) is 24.6 Å². The summed E-state index contributed by atoms with van der Waals surface area (Å²) in [5.41, 5.74) is 5.13. The zero-order valence-corrected chi connectivity index (χ0v) is 10.6. The largest absolute Gasteiger partial charge is 0.398 e. The summed E-state index contributed by atoms with van der Waals surface area (Å²) < 4.78 is 38.1. The molecule has 0 aliphatic heterocycles. The Morgan fingerprint density at radius 3 is 2.67 bits per heavy atom. The monoisotopic (exact) mass is 275 g/mol. The predicted octanol–water partition coefficient (Wildman–Crippen LogP) is 0.806. The Kier molecular flexibility index (Phi) is 4.49. The van der Waals surface area contributed by atoms with E-state index in [1.54, 1.807) is 4.72 Å². The third-order valence-electron chi connectivity index (χ3n) is 2.02. The van der Waals surface area contributed by atoms with Gasteiger partial charge in [0.1, 0.15) is 10.7 Å². The van der Waals surface area contributed by atoms with Gasteiger partial charge in [-0.15, -0.1) is 0 Å². The molecule has 0 saturated heterocycles. The minimum atomic E-state index is -4.09. The van der Waals surface area contributed by atoms with Crippen molar-refractivity contribution in [1.82, 2.24) is 10.0 Å². The van der Waals surface area contributed by atoms with E-state index in [-0.39, 0.29) is 10.6 Å². The van der Waals surface area contributed by atoms with E-state index in [0.717, 1.165) is 18.2 Å². The summed E-state index contributed by atoms with van der Waals surface area (Å²) in [7, 11) is -4.09. The van der Waals surface area contributed by atoms with Crippen LogP contribution in [0.1, 0.15) is 13.3 Å². The van der Waals surface area contributed by atoms with E-state index in [9.17, 15) is 17.6 Å². The van der Waals surface area contributed by atoms with Crippen LogP contribution in [-0.4, -0.2) is 21.0 Å². The number of carbonyl (C=O) groups excluding carboxylic acids is 1. The van der Waals surface area contributed by atoms with Crippen LogP contribution in [0.15, 0.2) is 23.1 Å². The third kappa shape index (κ3) is 3.59. The van der Waals surface area contributed by atoms with Gasteiger partial charge >= 0.3 is 6.03 Å². The number of carbonyl (C=O) groups is 1. The first-order valence-corrected chi connectivity index (χ1v) is 6.71. The molecule has 0 radical (unpaired) electrons. The number of urea groups is 1. The quantitative estimate of drug-likeness (QED) is 0.707. The van der Waals surface area contributed by atoms with Crippen molar-refractivity contribution in [3.05, 3.63) is 24.0 Å². The van der Waals surface area contributed by atoms with Gasteiger partial charge in [0.2, 0.25) is 0 Å². The minimum absolute atomic E-state index is 0.259. The molecule has 100 valence electrons. The number of anilines is 1. The molecule has 0 spiro atoms. The molecule has 6 nitrogen and oxygen atoms in total. The predicted molar refractivity (Wildman–Crippen MR) is 64.8 cm³/mol. The topological polar surface area (TPSA) is 101 Å². The number of nitrogen functional groups attached to an aromatic ring is 1. The van der Waals surface area contributed by atoms with Gasteiger partial charge in [0.25, 0.3) is 10.0 Å². The molecule has 18 heavy (non-hydrogen) atoms. The van der Waals surface area contributed by atoms with Gasteiger partial charge in [0, 0.05) is 6.54 Å². The maximum absolute atomic E-state index is 12.8. The van der Waals surface area contributed by atoms with Crippen molar-refractivity contribution in [1.29, 1.82) is 0 Å². The maximum Gasteiger partial charge on any atom is 0.328 e. The van der Waals surface area contributed by atoms with Crippen LogP contribution in [0.3, 0.4) is 0 Å². The number of benzene rings is 1. The van der Waals surface area contributed by atoms with Crippen molar-refractivity contribution in [2.24, 2.45) is 0 Å². The number of sulfonamides is 1. The lowest BCUT2D eigenvalue weighted by Crippen LogP contribution is -2.39. The summed E-state index contributed by atoms with van der Waals surface area (Å²) >= 11 is 0. The van der Waals surface area contributed by atoms with Crippen LogP contribution in [-0.2, 0) is 10.0 Å². The molecule has 1 aromatic carbocycles. The van der Waals surface area contributed by atoms with Gasteiger partial charge in [0.15, 0.2) is 0 Å². The van der Waals surface area contributed by atoms with Gasteiger partial charge in [-0.2, -0.15) is 0 Å². The van der Waals surface area contributed by atoms with Crippen LogP contribution in [0.2, 0.25) is 0 Å². The molecule has 0 unspecified atom stereocenters. The summed E-state index contributed by atoms with van der Waals surface area (Å²) in [6.45, 7) is 2.17. The van der Waals surface area contributed by atoms with Gasteiger partial charge in [-0.3, -0.25) is 0 Å². The molecule has 0 fully saturated rings. The number of rotatable bonds is 4. The van der Waals surface area contributed by atoms with Gasteiger partial charge < -0.3 is 11.1 Å². The lowest BCUT2D eigenvalue weighted by atomic mass is 10.3. The first kappa shape index (κ1) is 14.2. The second kappa shape index (κ2) is 5.67. The Morgan fingerprint density at radius 1 is 1.44 bits per heavy atom. The van der Waals surface area contributed by atoms with Crippen molar-refractivity contribution in [3.8, 4) is 0 Å². The van der Waals surface area contributed by atoms with Crippen molar-refractivity contribution in [2.45, 2.75) is 18.2 Å².